The third-order valence-corrected chi connectivity index (χ3v) is 4.17. The maximum atomic E-state index is 10.6. The summed E-state index contributed by atoms with van der Waals surface area (Å²) in [6.45, 7) is 6.72. The fourth-order valence-corrected chi connectivity index (χ4v) is 3.44. The highest BCUT2D eigenvalue weighted by atomic mass is 16.3. The van der Waals surface area contributed by atoms with E-state index in [9.17, 15) is 5.11 Å². The summed E-state index contributed by atoms with van der Waals surface area (Å²) >= 11 is 0. The van der Waals surface area contributed by atoms with Crippen molar-refractivity contribution in [1.82, 2.24) is 0 Å². The van der Waals surface area contributed by atoms with Gasteiger partial charge in [-0.25, -0.2) is 0 Å². The molecule has 94 valence electrons. The van der Waals surface area contributed by atoms with Crippen LogP contribution >= 0.6 is 0 Å². The quantitative estimate of drug-likeness (QED) is 0.814. The maximum absolute atomic E-state index is 10.6. The maximum Gasteiger partial charge on any atom is 0.0820 e. The van der Waals surface area contributed by atoms with E-state index in [4.69, 9.17) is 0 Å². The van der Waals surface area contributed by atoms with Crippen LogP contribution in [0.2, 0.25) is 0 Å². The number of aliphatic hydroxyl groups is 1. The van der Waals surface area contributed by atoms with Gasteiger partial charge in [0.2, 0.25) is 0 Å². The Morgan fingerprint density at radius 3 is 2.24 bits per heavy atom. The molecule has 1 saturated carbocycles. The molecule has 1 aromatic carbocycles. The first-order chi connectivity index (χ1) is 8.08. The van der Waals surface area contributed by atoms with Gasteiger partial charge in [0.1, 0.15) is 0 Å². The summed E-state index contributed by atoms with van der Waals surface area (Å²) in [7, 11) is 0. The summed E-state index contributed by atoms with van der Waals surface area (Å²) in [5.74, 6) is 1.94. The van der Waals surface area contributed by atoms with Gasteiger partial charge in [-0.1, -0.05) is 38.1 Å². The zero-order valence-corrected chi connectivity index (χ0v) is 11.2. The topological polar surface area (TPSA) is 20.2 Å². The minimum atomic E-state index is -0.276. The number of rotatable bonds is 2. The molecule has 0 amide bonds. The second kappa shape index (κ2) is 5.22. The molecule has 1 fully saturated rings. The standard InChI is InChI=1S/C16H24O/c1-11-8-12(2)10-14(9-11)16(17)15-7-5-4-6-13(15)3/h4-7,11-12,14,16-17H,8-10H2,1-3H3. The van der Waals surface area contributed by atoms with Gasteiger partial charge in [0.05, 0.1) is 6.10 Å². The van der Waals surface area contributed by atoms with Gasteiger partial charge >= 0.3 is 0 Å². The van der Waals surface area contributed by atoms with Gasteiger partial charge in [-0.15, -0.1) is 0 Å². The van der Waals surface area contributed by atoms with Gasteiger partial charge in [0.15, 0.2) is 0 Å². The molecular formula is C16H24O. The van der Waals surface area contributed by atoms with Crippen LogP contribution in [0.1, 0.15) is 50.3 Å². The van der Waals surface area contributed by atoms with E-state index in [1.54, 1.807) is 0 Å². The average molecular weight is 232 g/mol. The molecule has 0 heterocycles. The van der Waals surface area contributed by atoms with Crippen LogP contribution in [0.4, 0.5) is 0 Å². The molecule has 0 aromatic heterocycles. The number of aryl methyl sites for hydroxylation is 1. The van der Waals surface area contributed by atoms with E-state index in [2.05, 4.69) is 32.9 Å². The Balaban J connectivity index is 2.14. The van der Waals surface area contributed by atoms with Crippen LogP contribution in [0.5, 0.6) is 0 Å². The summed E-state index contributed by atoms with van der Waals surface area (Å²) in [6, 6.07) is 8.23. The Kier molecular flexibility index (Phi) is 3.88. The summed E-state index contributed by atoms with van der Waals surface area (Å²) in [6.07, 6.45) is 3.37. The number of hydrogen-bond donors (Lipinski definition) is 1. The lowest BCUT2D eigenvalue weighted by molar-refractivity contribution is 0.0547. The largest absolute Gasteiger partial charge is 0.388 e. The molecule has 2 rings (SSSR count). The monoisotopic (exact) mass is 232 g/mol. The van der Waals surface area contributed by atoms with Crippen LogP contribution in [0.25, 0.3) is 0 Å². The van der Waals surface area contributed by atoms with E-state index >= 15 is 0 Å². The third kappa shape index (κ3) is 2.90. The van der Waals surface area contributed by atoms with Crippen molar-refractivity contribution < 1.29 is 5.11 Å². The highest BCUT2D eigenvalue weighted by Gasteiger charge is 2.30. The van der Waals surface area contributed by atoms with Crippen molar-refractivity contribution in [3.05, 3.63) is 35.4 Å². The molecule has 1 heteroatoms. The SMILES string of the molecule is Cc1ccccc1C(O)C1CC(C)CC(C)C1. The van der Waals surface area contributed by atoms with Crippen molar-refractivity contribution in [3.63, 3.8) is 0 Å². The summed E-state index contributed by atoms with van der Waals surface area (Å²) in [5.41, 5.74) is 2.34. The van der Waals surface area contributed by atoms with Gasteiger partial charge in [0, 0.05) is 0 Å². The van der Waals surface area contributed by atoms with Crippen molar-refractivity contribution in [3.8, 4) is 0 Å². The second-order valence-electron chi connectivity index (χ2n) is 5.98. The van der Waals surface area contributed by atoms with Crippen molar-refractivity contribution in [2.75, 3.05) is 0 Å². The van der Waals surface area contributed by atoms with Crippen molar-refractivity contribution in [2.45, 2.75) is 46.1 Å². The Labute approximate surface area is 105 Å². The molecule has 0 bridgehead atoms. The molecule has 1 aliphatic rings. The lowest BCUT2D eigenvalue weighted by Crippen LogP contribution is -2.25. The zero-order valence-electron chi connectivity index (χ0n) is 11.2. The molecule has 3 atom stereocenters. The van der Waals surface area contributed by atoms with Gasteiger partial charge in [-0.05, 0) is 55.1 Å². The minimum absolute atomic E-state index is 0.276. The van der Waals surface area contributed by atoms with E-state index in [0.717, 1.165) is 17.4 Å². The van der Waals surface area contributed by atoms with E-state index in [1.807, 2.05) is 12.1 Å². The van der Waals surface area contributed by atoms with Crippen molar-refractivity contribution >= 4 is 0 Å². The normalized spacial score (nSPS) is 31.2. The molecule has 17 heavy (non-hydrogen) atoms. The lowest BCUT2D eigenvalue weighted by atomic mass is 9.73. The van der Waals surface area contributed by atoms with Gasteiger partial charge in [0.25, 0.3) is 0 Å². The van der Waals surface area contributed by atoms with E-state index in [0.29, 0.717) is 5.92 Å². The van der Waals surface area contributed by atoms with E-state index in [-0.39, 0.29) is 6.10 Å². The molecule has 1 aliphatic carbocycles. The number of aliphatic hydroxyl groups excluding tert-OH is 1. The smallest absolute Gasteiger partial charge is 0.0820 e. The highest BCUT2D eigenvalue weighted by Crippen LogP contribution is 2.40. The summed E-state index contributed by atoms with van der Waals surface area (Å²) in [4.78, 5) is 0. The molecule has 3 unspecified atom stereocenters. The molecule has 1 nitrogen and oxygen atoms in total. The molecule has 1 N–H and O–H groups in total. The fourth-order valence-electron chi connectivity index (χ4n) is 3.44. The van der Waals surface area contributed by atoms with Crippen LogP contribution < -0.4 is 0 Å². The zero-order chi connectivity index (χ0) is 12.4. The fraction of sp³-hybridized carbons (Fsp3) is 0.625. The van der Waals surface area contributed by atoms with E-state index < -0.39 is 0 Å². The van der Waals surface area contributed by atoms with E-state index in [1.165, 1.54) is 24.8 Å². The van der Waals surface area contributed by atoms with Crippen LogP contribution in [0.15, 0.2) is 24.3 Å². The predicted molar refractivity (Wildman–Crippen MR) is 71.8 cm³/mol. The predicted octanol–water partition coefficient (Wildman–Crippen LogP) is 4.10. The molecule has 1 aromatic rings. The van der Waals surface area contributed by atoms with Gasteiger partial charge < -0.3 is 5.11 Å². The molecular weight excluding hydrogens is 208 g/mol. The highest BCUT2D eigenvalue weighted by molar-refractivity contribution is 5.28. The van der Waals surface area contributed by atoms with Gasteiger partial charge in [-0.3, -0.25) is 0 Å². The van der Waals surface area contributed by atoms with Crippen molar-refractivity contribution in [1.29, 1.82) is 0 Å². The van der Waals surface area contributed by atoms with Crippen LogP contribution in [-0.2, 0) is 0 Å². The molecule has 0 radical (unpaired) electrons. The minimum Gasteiger partial charge on any atom is -0.388 e. The Morgan fingerprint density at radius 1 is 1.06 bits per heavy atom. The first-order valence-corrected chi connectivity index (χ1v) is 6.81. The van der Waals surface area contributed by atoms with Crippen molar-refractivity contribution in [2.24, 2.45) is 17.8 Å². The molecule has 0 saturated heterocycles. The Bertz CT molecular complexity index is 362. The molecule has 0 aliphatic heterocycles. The van der Waals surface area contributed by atoms with Crippen LogP contribution in [0, 0.1) is 24.7 Å². The average Bonchev–Trinajstić information content (AvgIpc) is 2.27. The van der Waals surface area contributed by atoms with Crippen LogP contribution in [-0.4, -0.2) is 5.11 Å². The first-order valence-electron chi connectivity index (χ1n) is 6.81. The van der Waals surface area contributed by atoms with Gasteiger partial charge in [-0.2, -0.15) is 0 Å². The third-order valence-electron chi connectivity index (χ3n) is 4.17. The first kappa shape index (κ1) is 12.6. The van der Waals surface area contributed by atoms with Crippen LogP contribution in [0.3, 0.4) is 0 Å². The number of benzene rings is 1. The molecule has 0 spiro atoms. The second-order valence-corrected chi connectivity index (χ2v) is 5.98. The lowest BCUT2D eigenvalue weighted by Gasteiger charge is -2.34. The summed E-state index contributed by atoms with van der Waals surface area (Å²) < 4.78 is 0. The summed E-state index contributed by atoms with van der Waals surface area (Å²) in [5, 5.41) is 10.6. The number of hydrogen-bond acceptors (Lipinski definition) is 1. The Morgan fingerprint density at radius 2 is 1.65 bits per heavy atom. The Hall–Kier alpha value is -0.820.